The van der Waals surface area contributed by atoms with Crippen molar-refractivity contribution < 1.29 is 14.4 Å². The second kappa shape index (κ2) is 12.2. The maximum absolute atomic E-state index is 12.7. The molecule has 8 nitrogen and oxygen atoms in total. The minimum absolute atomic E-state index is 0.00589. The van der Waals surface area contributed by atoms with Gasteiger partial charge in [-0.3, -0.25) is 9.59 Å². The fraction of sp³-hybridized carbons (Fsp3) is 0.444. The van der Waals surface area contributed by atoms with Crippen molar-refractivity contribution in [1.82, 2.24) is 15.1 Å². The summed E-state index contributed by atoms with van der Waals surface area (Å²) in [5, 5.41) is 5.85. The largest absolute Gasteiger partial charge is 0.368 e. The quantitative estimate of drug-likeness (QED) is 0.606. The number of urea groups is 1. The Balaban J connectivity index is 1.54. The molecule has 1 aliphatic rings. The third-order valence-electron chi connectivity index (χ3n) is 5.85. The molecule has 0 radical (unpaired) electrons. The molecule has 1 saturated heterocycles. The lowest BCUT2D eigenvalue weighted by molar-refractivity contribution is -0.138. The lowest BCUT2D eigenvalue weighted by Crippen LogP contribution is -2.52. The molecule has 188 valence electrons. The number of carbonyl (C=O) groups excluding carboxylic acids is 3. The van der Waals surface area contributed by atoms with Crippen LogP contribution in [0, 0.1) is 5.92 Å². The number of amides is 4. The highest BCUT2D eigenvalue weighted by Crippen LogP contribution is 2.20. The van der Waals surface area contributed by atoms with Crippen LogP contribution in [-0.2, 0) is 16.1 Å². The van der Waals surface area contributed by atoms with Crippen LogP contribution in [0.25, 0.3) is 0 Å². The summed E-state index contributed by atoms with van der Waals surface area (Å²) in [4.78, 5) is 43.3. The molecule has 0 bridgehead atoms. The minimum Gasteiger partial charge on any atom is -0.368 e. The number of rotatable bonds is 8. The molecule has 2 N–H and O–H groups in total. The Hall–Kier alpha value is -3.55. The molecule has 2 aromatic rings. The maximum Gasteiger partial charge on any atom is 0.317 e. The molecule has 0 aliphatic carbocycles. The Morgan fingerprint density at radius 2 is 1.51 bits per heavy atom. The summed E-state index contributed by atoms with van der Waals surface area (Å²) in [5.74, 6) is -0.476. The van der Waals surface area contributed by atoms with Crippen LogP contribution in [0.3, 0.4) is 0 Å². The van der Waals surface area contributed by atoms with E-state index in [1.807, 2.05) is 87.2 Å². The minimum atomic E-state index is -0.229. The first-order valence-electron chi connectivity index (χ1n) is 12.3. The number of carbonyl (C=O) groups is 3. The zero-order chi connectivity index (χ0) is 25.4. The number of hydrogen-bond donors (Lipinski definition) is 2. The standard InChI is InChI=1S/C27H37N5O3/c1-20(2)26(34)32(18-22-8-6-5-7-9-22)19-25(33)29-23-10-12-24(13-11-23)30-14-16-31(17-15-30)27(35)28-21(3)4/h5-13,20-21H,14-19H2,1-4H3,(H,28,35)(H,29,33). The molecule has 3 rings (SSSR count). The van der Waals surface area contributed by atoms with Gasteiger partial charge in [0.05, 0.1) is 0 Å². The van der Waals surface area contributed by atoms with Gasteiger partial charge in [-0.15, -0.1) is 0 Å². The van der Waals surface area contributed by atoms with Gasteiger partial charge >= 0.3 is 6.03 Å². The van der Waals surface area contributed by atoms with Gasteiger partial charge in [0.25, 0.3) is 0 Å². The van der Waals surface area contributed by atoms with Gasteiger partial charge in [-0.2, -0.15) is 0 Å². The summed E-state index contributed by atoms with van der Waals surface area (Å²) in [5.41, 5.74) is 2.72. The first kappa shape index (κ1) is 26.1. The molecule has 1 heterocycles. The summed E-state index contributed by atoms with van der Waals surface area (Å²) >= 11 is 0. The lowest BCUT2D eigenvalue weighted by atomic mass is 10.1. The van der Waals surface area contributed by atoms with Crippen LogP contribution in [0.5, 0.6) is 0 Å². The molecule has 1 fully saturated rings. The van der Waals surface area contributed by atoms with Crippen LogP contribution < -0.4 is 15.5 Å². The van der Waals surface area contributed by atoms with Gasteiger partial charge in [-0.1, -0.05) is 44.2 Å². The zero-order valence-electron chi connectivity index (χ0n) is 21.2. The molecule has 0 atom stereocenters. The van der Waals surface area contributed by atoms with Gasteiger partial charge in [0.15, 0.2) is 0 Å². The average molecular weight is 480 g/mol. The van der Waals surface area contributed by atoms with E-state index in [2.05, 4.69) is 15.5 Å². The average Bonchev–Trinajstić information content (AvgIpc) is 2.84. The molecule has 2 aromatic carbocycles. The molecule has 0 spiro atoms. The summed E-state index contributed by atoms with van der Waals surface area (Å²) in [7, 11) is 0. The summed E-state index contributed by atoms with van der Waals surface area (Å²) in [6.07, 6.45) is 0. The SMILES string of the molecule is CC(C)NC(=O)N1CCN(c2ccc(NC(=O)CN(Cc3ccccc3)C(=O)C(C)C)cc2)CC1. The van der Waals surface area contributed by atoms with E-state index in [0.717, 1.165) is 24.3 Å². The maximum atomic E-state index is 12.7. The van der Waals surface area contributed by atoms with Crippen molar-refractivity contribution in [3.8, 4) is 0 Å². The van der Waals surface area contributed by atoms with Crippen molar-refractivity contribution in [1.29, 1.82) is 0 Å². The summed E-state index contributed by atoms with van der Waals surface area (Å²) < 4.78 is 0. The van der Waals surface area contributed by atoms with E-state index >= 15 is 0 Å². The Kier molecular flexibility index (Phi) is 9.11. The van der Waals surface area contributed by atoms with Gasteiger partial charge in [-0.25, -0.2) is 4.79 Å². The Labute approximate surface area is 208 Å². The van der Waals surface area contributed by atoms with Crippen molar-refractivity contribution in [2.24, 2.45) is 5.92 Å². The van der Waals surface area contributed by atoms with Crippen molar-refractivity contribution >= 4 is 29.2 Å². The summed E-state index contributed by atoms with van der Waals surface area (Å²) in [6.45, 7) is 10.8. The van der Waals surface area contributed by atoms with Crippen LogP contribution in [0.15, 0.2) is 54.6 Å². The topological polar surface area (TPSA) is 85.0 Å². The molecular weight excluding hydrogens is 442 g/mol. The molecule has 4 amide bonds. The lowest BCUT2D eigenvalue weighted by Gasteiger charge is -2.36. The van der Waals surface area contributed by atoms with Crippen molar-refractivity contribution in [3.63, 3.8) is 0 Å². The predicted octanol–water partition coefficient (Wildman–Crippen LogP) is 3.55. The highest BCUT2D eigenvalue weighted by molar-refractivity contribution is 5.94. The van der Waals surface area contributed by atoms with Gasteiger partial charge in [0.2, 0.25) is 11.8 Å². The molecule has 0 aromatic heterocycles. The third kappa shape index (κ3) is 7.73. The number of anilines is 2. The normalized spacial score (nSPS) is 13.7. The first-order chi connectivity index (χ1) is 16.7. The van der Waals surface area contributed by atoms with Gasteiger partial charge in [-0.05, 0) is 43.7 Å². The molecular formula is C27H37N5O3. The van der Waals surface area contributed by atoms with E-state index in [9.17, 15) is 14.4 Å². The fourth-order valence-corrected chi connectivity index (χ4v) is 4.02. The Morgan fingerprint density at radius 1 is 0.886 bits per heavy atom. The fourth-order valence-electron chi connectivity index (χ4n) is 4.02. The second-order valence-corrected chi connectivity index (χ2v) is 9.51. The van der Waals surface area contributed by atoms with Crippen molar-refractivity contribution in [2.75, 3.05) is 42.9 Å². The van der Waals surface area contributed by atoms with E-state index in [-0.39, 0.29) is 36.3 Å². The van der Waals surface area contributed by atoms with Crippen LogP contribution in [-0.4, -0.2) is 66.4 Å². The van der Waals surface area contributed by atoms with Crippen LogP contribution in [0.4, 0.5) is 16.2 Å². The van der Waals surface area contributed by atoms with Crippen molar-refractivity contribution in [3.05, 3.63) is 60.2 Å². The molecule has 8 heteroatoms. The van der Waals surface area contributed by atoms with Crippen LogP contribution in [0.2, 0.25) is 0 Å². The number of piperazine rings is 1. The molecule has 0 saturated carbocycles. The van der Waals surface area contributed by atoms with Crippen molar-refractivity contribution in [2.45, 2.75) is 40.3 Å². The van der Waals surface area contributed by atoms with Crippen LogP contribution in [0.1, 0.15) is 33.3 Å². The highest BCUT2D eigenvalue weighted by Gasteiger charge is 2.22. The number of hydrogen-bond acceptors (Lipinski definition) is 4. The molecule has 1 aliphatic heterocycles. The van der Waals surface area contributed by atoms with Gasteiger partial charge in [0, 0.05) is 56.1 Å². The van der Waals surface area contributed by atoms with Gasteiger partial charge < -0.3 is 25.3 Å². The molecule has 0 unspecified atom stereocenters. The monoisotopic (exact) mass is 479 g/mol. The van der Waals surface area contributed by atoms with E-state index in [4.69, 9.17) is 0 Å². The van der Waals surface area contributed by atoms with E-state index < -0.39 is 0 Å². The van der Waals surface area contributed by atoms with Gasteiger partial charge in [0.1, 0.15) is 6.54 Å². The second-order valence-electron chi connectivity index (χ2n) is 9.51. The van der Waals surface area contributed by atoms with E-state index in [0.29, 0.717) is 25.3 Å². The number of benzene rings is 2. The highest BCUT2D eigenvalue weighted by atomic mass is 16.2. The Bertz CT molecular complexity index is 984. The Morgan fingerprint density at radius 3 is 2.09 bits per heavy atom. The smallest absolute Gasteiger partial charge is 0.317 e. The van der Waals surface area contributed by atoms with Crippen LogP contribution >= 0.6 is 0 Å². The molecule has 35 heavy (non-hydrogen) atoms. The predicted molar refractivity (Wildman–Crippen MR) is 139 cm³/mol. The zero-order valence-corrected chi connectivity index (χ0v) is 21.2. The number of nitrogens with zero attached hydrogens (tertiary/aromatic N) is 3. The van der Waals surface area contributed by atoms with E-state index in [1.54, 1.807) is 4.90 Å². The third-order valence-corrected chi connectivity index (χ3v) is 5.85. The number of nitrogens with one attached hydrogen (secondary N) is 2. The first-order valence-corrected chi connectivity index (χ1v) is 12.3. The summed E-state index contributed by atoms with van der Waals surface area (Å²) in [6, 6.07) is 17.5. The van der Waals surface area contributed by atoms with E-state index in [1.165, 1.54) is 0 Å².